The summed E-state index contributed by atoms with van der Waals surface area (Å²) in [5, 5.41) is 7.75. The van der Waals surface area contributed by atoms with Crippen LogP contribution in [0, 0.1) is 0 Å². The maximum absolute atomic E-state index is 11.1. The zero-order valence-electron chi connectivity index (χ0n) is 17.5. The normalized spacial score (nSPS) is 10.6. The standard InChI is InChI=1S/C20H38O2.C2H7NO/c1-3-5-6-7-8-9-10-11-12-13-14-15-16-17-18-19-20(21)22-4-2;3-1-2-4/h11-12H,3-10,13-19H2,1-2H3;4H,1-3H2. The van der Waals surface area contributed by atoms with Crippen molar-refractivity contribution >= 4 is 5.97 Å². The molecule has 0 spiro atoms. The van der Waals surface area contributed by atoms with Gasteiger partial charge in [0.15, 0.2) is 0 Å². The van der Waals surface area contributed by atoms with Gasteiger partial charge in [-0.05, 0) is 39.0 Å². The van der Waals surface area contributed by atoms with Gasteiger partial charge in [0.05, 0.1) is 13.2 Å². The highest BCUT2D eigenvalue weighted by molar-refractivity contribution is 5.69. The first-order chi connectivity index (χ1) is 12.7. The van der Waals surface area contributed by atoms with Crippen LogP contribution in [0.25, 0.3) is 0 Å². The summed E-state index contributed by atoms with van der Waals surface area (Å²) in [6, 6.07) is 0. The summed E-state index contributed by atoms with van der Waals surface area (Å²) in [5.41, 5.74) is 4.78. The minimum Gasteiger partial charge on any atom is -0.466 e. The van der Waals surface area contributed by atoms with Gasteiger partial charge in [-0.1, -0.05) is 70.4 Å². The molecule has 0 aromatic carbocycles. The lowest BCUT2D eigenvalue weighted by atomic mass is 10.1. The molecule has 0 amide bonds. The second-order valence-corrected chi connectivity index (χ2v) is 6.65. The number of ether oxygens (including phenoxy) is 1. The number of unbranched alkanes of at least 4 members (excludes halogenated alkanes) is 11. The molecule has 3 N–H and O–H groups in total. The zero-order valence-corrected chi connectivity index (χ0v) is 17.5. The molecule has 0 bridgehead atoms. The number of hydrogen-bond acceptors (Lipinski definition) is 4. The molecular weight excluding hydrogens is 326 g/mol. The van der Waals surface area contributed by atoms with Crippen LogP contribution >= 0.6 is 0 Å². The fourth-order valence-corrected chi connectivity index (χ4v) is 2.57. The van der Waals surface area contributed by atoms with E-state index in [0.29, 0.717) is 19.6 Å². The molecule has 0 heterocycles. The maximum atomic E-state index is 11.1. The number of carbonyl (C=O) groups excluding carboxylic acids is 1. The fourth-order valence-electron chi connectivity index (χ4n) is 2.57. The molecule has 0 aromatic heterocycles. The van der Waals surface area contributed by atoms with Crippen LogP contribution in [0.3, 0.4) is 0 Å². The van der Waals surface area contributed by atoms with Crippen molar-refractivity contribution in [2.45, 2.75) is 104 Å². The predicted octanol–water partition coefficient (Wildman–Crippen LogP) is 5.52. The molecule has 0 saturated carbocycles. The van der Waals surface area contributed by atoms with Crippen molar-refractivity contribution in [2.75, 3.05) is 19.8 Å². The summed E-state index contributed by atoms with van der Waals surface area (Å²) in [5.74, 6) is -0.0415. The molecule has 0 aliphatic carbocycles. The molecule has 0 rings (SSSR count). The lowest BCUT2D eigenvalue weighted by molar-refractivity contribution is -0.143. The third kappa shape index (κ3) is 28.0. The molecule has 0 fully saturated rings. The van der Waals surface area contributed by atoms with Crippen LogP contribution in [-0.4, -0.2) is 30.8 Å². The second kappa shape index (κ2) is 26.4. The summed E-state index contributed by atoms with van der Waals surface area (Å²) in [4.78, 5) is 11.1. The number of aliphatic hydroxyl groups is 1. The van der Waals surface area contributed by atoms with Gasteiger partial charge in [0.25, 0.3) is 0 Å². The first kappa shape index (κ1) is 27.3. The van der Waals surface area contributed by atoms with Gasteiger partial charge in [-0.15, -0.1) is 0 Å². The molecule has 0 saturated heterocycles. The number of aliphatic hydroxyl groups excluding tert-OH is 1. The van der Waals surface area contributed by atoms with E-state index < -0.39 is 0 Å². The molecular formula is C22H45NO3. The third-order valence-electron chi connectivity index (χ3n) is 4.08. The molecule has 0 aromatic rings. The topological polar surface area (TPSA) is 72.5 Å². The van der Waals surface area contributed by atoms with Crippen molar-refractivity contribution in [1.82, 2.24) is 0 Å². The largest absolute Gasteiger partial charge is 0.466 e. The highest BCUT2D eigenvalue weighted by Gasteiger charge is 2.00. The highest BCUT2D eigenvalue weighted by Crippen LogP contribution is 2.10. The smallest absolute Gasteiger partial charge is 0.305 e. The van der Waals surface area contributed by atoms with Gasteiger partial charge in [-0.2, -0.15) is 0 Å². The molecule has 0 aliphatic heterocycles. The number of allylic oxidation sites excluding steroid dienone is 2. The monoisotopic (exact) mass is 371 g/mol. The van der Waals surface area contributed by atoms with Crippen molar-refractivity contribution < 1.29 is 14.6 Å². The van der Waals surface area contributed by atoms with Gasteiger partial charge in [-0.25, -0.2) is 0 Å². The second-order valence-electron chi connectivity index (χ2n) is 6.65. The SMILES string of the molecule is CCCCCCCCC=CCCCCCCCC(=O)OCC.NCCO. The quantitative estimate of drug-likeness (QED) is 0.200. The summed E-state index contributed by atoms with van der Waals surface area (Å²) in [6.07, 6.45) is 22.0. The lowest BCUT2D eigenvalue weighted by Crippen LogP contribution is -2.03. The molecule has 4 nitrogen and oxygen atoms in total. The van der Waals surface area contributed by atoms with E-state index in [-0.39, 0.29) is 12.6 Å². The number of hydrogen-bond donors (Lipinski definition) is 2. The first-order valence-corrected chi connectivity index (χ1v) is 10.8. The third-order valence-corrected chi connectivity index (χ3v) is 4.08. The molecule has 0 unspecified atom stereocenters. The van der Waals surface area contributed by atoms with Gasteiger partial charge in [0.1, 0.15) is 0 Å². The van der Waals surface area contributed by atoms with Gasteiger partial charge in [-0.3, -0.25) is 4.79 Å². The molecule has 0 atom stereocenters. The van der Waals surface area contributed by atoms with E-state index in [4.69, 9.17) is 15.6 Å². The molecule has 26 heavy (non-hydrogen) atoms. The van der Waals surface area contributed by atoms with Crippen molar-refractivity contribution in [3.05, 3.63) is 12.2 Å². The van der Waals surface area contributed by atoms with Gasteiger partial charge in [0, 0.05) is 13.0 Å². The molecule has 156 valence electrons. The minimum atomic E-state index is -0.0415. The minimum absolute atomic E-state index is 0.0415. The average molecular weight is 372 g/mol. The Labute approximate surface area is 162 Å². The van der Waals surface area contributed by atoms with Crippen LogP contribution in [0.2, 0.25) is 0 Å². The van der Waals surface area contributed by atoms with E-state index in [1.54, 1.807) is 0 Å². The van der Waals surface area contributed by atoms with Crippen LogP contribution in [0.4, 0.5) is 0 Å². The molecule has 0 radical (unpaired) electrons. The summed E-state index contributed by atoms with van der Waals surface area (Å²) in [6.45, 7) is 5.10. The fraction of sp³-hybridized carbons (Fsp3) is 0.864. The van der Waals surface area contributed by atoms with Crippen molar-refractivity contribution in [2.24, 2.45) is 5.73 Å². The Bertz CT molecular complexity index is 291. The van der Waals surface area contributed by atoms with E-state index in [1.807, 2.05) is 6.92 Å². The van der Waals surface area contributed by atoms with E-state index >= 15 is 0 Å². The summed E-state index contributed by atoms with van der Waals surface area (Å²) in [7, 11) is 0. The van der Waals surface area contributed by atoms with Crippen molar-refractivity contribution in [3.8, 4) is 0 Å². The Morgan fingerprint density at radius 2 is 1.31 bits per heavy atom. The summed E-state index contributed by atoms with van der Waals surface area (Å²) >= 11 is 0. The van der Waals surface area contributed by atoms with Crippen LogP contribution < -0.4 is 5.73 Å². The molecule has 0 aliphatic rings. The average Bonchev–Trinajstić information content (AvgIpc) is 2.65. The highest BCUT2D eigenvalue weighted by atomic mass is 16.5. The number of nitrogens with two attached hydrogens (primary N) is 1. The van der Waals surface area contributed by atoms with Crippen molar-refractivity contribution in [1.29, 1.82) is 0 Å². The number of rotatable bonds is 17. The number of esters is 1. The van der Waals surface area contributed by atoms with Gasteiger partial charge < -0.3 is 15.6 Å². The van der Waals surface area contributed by atoms with Gasteiger partial charge >= 0.3 is 5.97 Å². The van der Waals surface area contributed by atoms with Crippen LogP contribution in [-0.2, 0) is 9.53 Å². The Morgan fingerprint density at radius 3 is 1.77 bits per heavy atom. The lowest BCUT2D eigenvalue weighted by Gasteiger charge is -2.01. The predicted molar refractivity (Wildman–Crippen MR) is 112 cm³/mol. The van der Waals surface area contributed by atoms with Crippen LogP contribution in [0.15, 0.2) is 12.2 Å². The number of carbonyl (C=O) groups is 1. The first-order valence-electron chi connectivity index (χ1n) is 10.8. The zero-order chi connectivity index (χ0) is 19.7. The van der Waals surface area contributed by atoms with E-state index in [1.165, 1.54) is 70.6 Å². The summed E-state index contributed by atoms with van der Waals surface area (Å²) < 4.78 is 4.91. The van der Waals surface area contributed by atoms with Crippen molar-refractivity contribution in [3.63, 3.8) is 0 Å². The Balaban J connectivity index is 0. The maximum Gasteiger partial charge on any atom is 0.305 e. The van der Waals surface area contributed by atoms with E-state index in [2.05, 4.69) is 19.1 Å². The van der Waals surface area contributed by atoms with Crippen LogP contribution in [0.1, 0.15) is 104 Å². The van der Waals surface area contributed by atoms with Gasteiger partial charge in [0.2, 0.25) is 0 Å². The van der Waals surface area contributed by atoms with Crippen LogP contribution in [0.5, 0.6) is 0 Å². The molecule has 4 heteroatoms. The van der Waals surface area contributed by atoms with E-state index in [9.17, 15) is 4.79 Å². The Morgan fingerprint density at radius 1 is 0.846 bits per heavy atom. The van der Waals surface area contributed by atoms with E-state index in [0.717, 1.165) is 12.8 Å². The Hall–Kier alpha value is -0.870. The Kier molecular flexibility index (Phi) is 27.7.